The molecule has 2 rings (SSSR count). The van der Waals surface area contributed by atoms with Crippen LogP contribution in [0.15, 0.2) is 42.5 Å². The number of anilines is 1. The molecule has 2 N–H and O–H groups in total. The average Bonchev–Trinajstić information content (AvgIpc) is 2.56. The van der Waals surface area contributed by atoms with Gasteiger partial charge in [0, 0.05) is 29.4 Å². The maximum absolute atomic E-state index is 13.1. The van der Waals surface area contributed by atoms with Crippen molar-refractivity contribution >= 4 is 17.5 Å². The summed E-state index contributed by atoms with van der Waals surface area (Å²) >= 11 is 0. The molecule has 4 nitrogen and oxygen atoms in total. The zero-order valence-electron chi connectivity index (χ0n) is 12.5. The predicted octanol–water partition coefficient (Wildman–Crippen LogP) is 3.36. The number of amides is 2. The Morgan fingerprint density at radius 1 is 0.913 bits per heavy atom. The fraction of sp³-hybridized carbons (Fsp3) is 0.176. The molecule has 0 aliphatic heterocycles. The summed E-state index contributed by atoms with van der Waals surface area (Å²) in [7, 11) is 0. The van der Waals surface area contributed by atoms with Gasteiger partial charge in [0.2, 0.25) is 0 Å². The van der Waals surface area contributed by atoms with Crippen molar-refractivity contribution in [1.82, 2.24) is 5.32 Å². The summed E-state index contributed by atoms with van der Waals surface area (Å²) in [4.78, 5) is 23.8. The molecule has 0 aromatic heterocycles. The highest BCUT2D eigenvalue weighted by Gasteiger charge is 2.10. The molecule has 0 atom stereocenters. The van der Waals surface area contributed by atoms with Crippen LogP contribution in [0, 0.1) is 11.6 Å². The van der Waals surface area contributed by atoms with Crippen molar-refractivity contribution in [2.24, 2.45) is 0 Å². The van der Waals surface area contributed by atoms with E-state index in [0.29, 0.717) is 17.7 Å². The van der Waals surface area contributed by atoms with Crippen LogP contribution in [0.3, 0.4) is 0 Å². The average molecular weight is 318 g/mol. The number of carbonyl (C=O) groups excluding carboxylic acids is 2. The van der Waals surface area contributed by atoms with Gasteiger partial charge in [0.05, 0.1) is 0 Å². The molecule has 0 aliphatic rings. The molecule has 23 heavy (non-hydrogen) atoms. The first-order valence-electron chi connectivity index (χ1n) is 7.16. The van der Waals surface area contributed by atoms with E-state index in [1.807, 2.05) is 6.92 Å². The van der Waals surface area contributed by atoms with Crippen molar-refractivity contribution in [3.05, 3.63) is 65.2 Å². The number of benzene rings is 2. The minimum atomic E-state index is -1.04. The van der Waals surface area contributed by atoms with Gasteiger partial charge in [-0.15, -0.1) is 0 Å². The number of rotatable bonds is 5. The standard InChI is InChI=1S/C17H16F2N2O2/c1-2-9-20-16(22)11-3-5-12(6-4-11)17(23)21-13-7-8-14(18)15(19)10-13/h3-8,10H,2,9H2,1H3,(H,20,22)(H,21,23). The van der Waals surface area contributed by atoms with Crippen LogP contribution in [0.25, 0.3) is 0 Å². The van der Waals surface area contributed by atoms with Gasteiger partial charge in [0.1, 0.15) is 0 Å². The van der Waals surface area contributed by atoms with Crippen LogP contribution >= 0.6 is 0 Å². The second kappa shape index (κ2) is 7.49. The largest absolute Gasteiger partial charge is 0.352 e. The SMILES string of the molecule is CCCNC(=O)c1ccc(C(=O)Nc2ccc(F)c(F)c2)cc1. The van der Waals surface area contributed by atoms with Crippen molar-refractivity contribution < 1.29 is 18.4 Å². The summed E-state index contributed by atoms with van der Waals surface area (Å²) in [5.74, 6) is -2.70. The zero-order chi connectivity index (χ0) is 16.8. The minimum Gasteiger partial charge on any atom is -0.352 e. The number of hydrogen-bond donors (Lipinski definition) is 2. The molecule has 2 amide bonds. The van der Waals surface area contributed by atoms with Crippen LogP contribution < -0.4 is 10.6 Å². The quantitative estimate of drug-likeness (QED) is 0.888. The Morgan fingerprint density at radius 3 is 2.09 bits per heavy atom. The molecule has 0 aliphatic carbocycles. The van der Waals surface area contributed by atoms with Crippen LogP contribution in [0.2, 0.25) is 0 Å². The fourth-order valence-corrected chi connectivity index (χ4v) is 1.89. The van der Waals surface area contributed by atoms with E-state index in [0.717, 1.165) is 18.6 Å². The third kappa shape index (κ3) is 4.35. The Labute approximate surface area is 132 Å². The second-order valence-electron chi connectivity index (χ2n) is 4.92. The highest BCUT2D eigenvalue weighted by molar-refractivity contribution is 6.05. The van der Waals surface area contributed by atoms with E-state index in [2.05, 4.69) is 10.6 Å². The molecule has 0 saturated heterocycles. The predicted molar refractivity (Wildman–Crippen MR) is 83.4 cm³/mol. The minimum absolute atomic E-state index is 0.152. The van der Waals surface area contributed by atoms with Crippen LogP contribution in [0.1, 0.15) is 34.1 Å². The third-order valence-electron chi connectivity index (χ3n) is 3.12. The summed E-state index contributed by atoms with van der Waals surface area (Å²) in [6.07, 6.45) is 0.834. The Kier molecular flexibility index (Phi) is 5.41. The maximum Gasteiger partial charge on any atom is 0.255 e. The first-order chi connectivity index (χ1) is 11.0. The normalized spacial score (nSPS) is 10.2. The van der Waals surface area contributed by atoms with Gasteiger partial charge in [-0.2, -0.15) is 0 Å². The van der Waals surface area contributed by atoms with Gasteiger partial charge in [0.25, 0.3) is 11.8 Å². The number of nitrogens with one attached hydrogen (secondary N) is 2. The number of halogens is 2. The van der Waals surface area contributed by atoms with E-state index in [-0.39, 0.29) is 11.6 Å². The molecule has 120 valence electrons. The van der Waals surface area contributed by atoms with E-state index < -0.39 is 17.5 Å². The summed E-state index contributed by atoms with van der Waals surface area (Å²) in [5, 5.41) is 5.20. The van der Waals surface area contributed by atoms with Crippen LogP contribution in [0.4, 0.5) is 14.5 Å². The van der Waals surface area contributed by atoms with Crippen LogP contribution in [-0.4, -0.2) is 18.4 Å². The summed E-state index contributed by atoms with van der Waals surface area (Å²) in [6, 6.07) is 9.16. The number of hydrogen-bond acceptors (Lipinski definition) is 2. The summed E-state index contributed by atoms with van der Waals surface area (Å²) in [5.41, 5.74) is 0.906. The maximum atomic E-state index is 13.1. The monoisotopic (exact) mass is 318 g/mol. The fourth-order valence-electron chi connectivity index (χ4n) is 1.89. The van der Waals surface area contributed by atoms with Crippen molar-refractivity contribution in [2.75, 3.05) is 11.9 Å². The van der Waals surface area contributed by atoms with E-state index in [1.165, 1.54) is 30.3 Å². The van der Waals surface area contributed by atoms with Gasteiger partial charge in [-0.1, -0.05) is 6.92 Å². The lowest BCUT2D eigenvalue weighted by atomic mass is 10.1. The lowest BCUT2D eigenvalue weighted by Crippen LogP contribution is -2.24. The molecular weight excluding hydrogens is 302 g/mol. The van der Waals surface area contributed by atoms with Crippen LogP contribution in [0.5, 0.6) is 0 Å². The van der Waals surface area contributed by atoms with Gasteiger partial charge in [-0.3, -0.25) is 9.59 Å². The first kappa shape index (κ1) is 16.6. The van der Waals surface area contributed by atoms with Crippen molar-refractivity contribution in [1.29, 1.82) is 0 Å². The van der Waals surface area contributed by atoms with E-state index in [9.17, 15) is 18.4 Å². The summed E-state index contributed by atoms with van der Waals surface area (Å²) < 4.78 is 25.9. The second-order valence-corrected chi connectivity index (χ2v) is 4.92. The molecule has 6 heteroatoms. The van der Waals surface area contributed by atoms with Crippen molar-refractivity contribution in [3.8, 4) is 0 Å². The van der Waals surface area contributed by atoms with Gasteiger partial charge in [0.15, 0.2) is 11.6 Å². The molecule has 2 aromatic rings. The molecule has 0 heterocycles. The van der Waals surface area contributed by atoms with Gasteiger partial charge in [-0.25, -0.2) is 8.78 Å². The molecule has 0 spiro atoms. The Balaban J connectivity index is 2.05. The van der Waals surface area contributed by atoms with Crippen LogP contribution in [-0.2, 0) is 0 Å². The van der Waals surface area contributed by atoms with Gasteiger partial charge < -0.3 is 10.6 Å². The highest BCUT2D eigenvalue weighted by atomic mass is 19.2. The van der Waals surface area contributed by atoms with Gasteiger partial charge >= 0.3 is 0 Å². The molecule has 0 fully saturated rings. The lowest BCUT2D eigenvalue weighted by Gasteiger charge is -2.07. The Morgan fingerprint density at radius 2 is 1.52 bits per heavy atom. The summed E-state index contributed by atoms with van der Waals surface area (Å²) in [6.45, 7) is 2.53. The van der Waals surface area contributed by atoms with Gasteiger partial charge in [-0.05, 0) is 42.8 Å². The van der Waals surface area contributed by atoms with Crippen molar-refractivity contribution in [3.63, 3.8) is 0 Å². The smallest absolute Gasteiger partial charge is 0.255 e. The highest BCUT2D eigenvalue weighted by Crippen LogP contribution is 2.14. The first-order valence-corrected chi connectivity index (χ1v) is 7.16. The zero-order valence-corrected chi connectivity index (χ0v) is 12.5. The third-order valence-corrected chi connectivity index (χ3v) is 3.12. The van der Waals surface area contributed by atoms with E-state index >= 15 is 0 Å². The molecule has 0 saturated carbocycles. The number of carbonyl (C=O) groups is 2. The Hall–Kier alpha value is -2.76. The lowest BCUT2D eigenvalue weighted by molar-refractivity contribution is 0.0951. The van der Waals surface area contributed by atoms with Crippen molar-refractivity contribution in [2.45, 2.75) is 13.3 Å². The topological polar surface area (TPSA) is 58.2 Å². The Bertz CT molecular complexity index is 715. The van der Waals surface area contributed by atoms with E-state index in [1.54, 1.807) is 0 Å². The van der Waals surface area contributed by atoms with E-state index in [4.69, 9.17) is 0 Å². The molecule has 0 radical (unpaired) electrons. The molecule has 2 aromatic carbocycles. The molecule has 0 unspecified atom stereocenters. The molecule has 0 bridgehead atoms. The molecular formula is C17H16F2N2O2.